The van der Waals surface area contributed by atoms with Crippen molar-refractivity contribution in [3.63, 3.8) is 0 Å². The van der Waals surface area contributed by atoms with Crippen molar-refractivity contribution in [1.29, 1.82) is 5.26 Å². The lowest BCUT2D eigenvalue weighted by molar-refractivity contribution is 0.0710. The smallest absolute Gasteiger partial charge is 0.268 e. The minimum atomic E-state index is -3.90. The molecule has 0 unspecified atom stereocenters. The van der Waals surface area contributed by atoms with Crippen LogP contribution in [0.4, 0.5) is 23.3 Å². The molecule has 0 bridgehead atoms. The fraction of sp³-hybridized carbons (Fsp3) is 0.164. The van der Waals surface area contributed by atoms with Crippen LogP contribution in [0.5, 0.6) is 0 Å². The molecule has 0 atom stereocenters. The van der Waals surface area contributed by atoms with E-state index in [9.17, 15) is 31.7 Å². The third-order valence-electron chi connectivity index (χ3n) is 14.7. The second-order valence-electron chi connectivity index (χ2n) is 20.0. The third kappa shape index (κ3) is 11.5. The number of hydrogen-bond acceptors (Lipinski definition) is 15. The Balaban J connectivity index is 0.000000174. The summed E-state index contributed by atoms with van der Waals surface area (Å²) in [6.45, 7) is 2.31. The first-order chi connectivity index (χ1) is 40.2. The number of rotatable bonds is 12. The number of carbonyl (C=O) groups is 2. The summed E-state index contributed by atoms with van der Waals surface area (Å²) in [4.78, 5) is 47.9. The van der Waals surface area contributed by atoms with Crippen LogP contribution < -0.4 is 22.1 Å². The molecule has 12 rings (SSSR count). The number of amides is 2. The third-order valence-corrected chi connectivity index (χ3v) is 18.3. The van der Waals surface area contributed by atoms with Crippen LogP contribution in [0, 0.1) is 11.3 Å². The first-order valence-electron chi connectivity index (χ1n) is 26.6. The maximum atomic E-state index is 13.6. The molecule has 6 aromatic carbocycles. The van der Waals surface area contributed by atoms with E-state index in [1.54, 1.807) is 140 Å². The summed E-state index contributed by atoms with van der Waals surface area (Å²) in [5.74, 6) is 0.660. The number of benzene rings is 6. The van der Waals surface area contributed by atoms with Crippen LogP contribution in [0.3, 0.4) is 0 Å². The molecule has 22 heteroatoms. The summed E-state index contributed by atoms with van der Waals surface area (Å²) in [5, 5.41) is 18.3. The predicted octanol–water partition coefficient (Wildman–Crippen LogP) is 9.79. The Kier molecular flexibility index (Phi) is 15.6. The van der Waals surface area contributed by atoms with E-state index in [1.807, 2.05) is 34.1 Å². The van der Waals surface area contributed by atoms with Gasteiger partial charge in [-0.2, -0.15) is 5.26 Å². The molecule has 0 radical (unpaired) electrons. The molecule has 418 valence electrons. The Morgan fingerprint density at radius 2 is 0.916 bits per heavy atom. The highest BCUT2D eigenvalue weighted by atomic mass is 35.5. The van der Waals surface area contributed by atoms with E-state index in [4.69, 9.17) is 33.0 Å². The van der Waals surface area contributed by atoms with E-state index >= 15 is 0 Å². The molecular weight excluding hydrogens is 1110 g/mol. The number of piperidine rings is 2. The number of nitrogen functional groups attached to an aromatic ring is 2. The molecule has 2 amide bonds. The summed E-state index contributed by atoms with van der Waals surface area (Å²) >= 11 is 6.57. The van der Waals surface area contributed by atoms with Gasteiger partial charge in [-0.3, -0.25) is 9.59 Å². The minimum Gasteiger partial charge on any atom is -0.399 e. The van der Waals surface area contributed by atoms with E-state index in [2.05, 4.69) is 26.7 Å². The van der Waals surface area contributed by atoms with E-state index < -0.39 is 20.0 Å². The van der Waals surface area contributed by atoms with Crippen molar-refractivity contribution < 1.29 is 26.4 Å². The van der Waals surface area contributed by atoms with Crippen molar-refractivity contribution in [2.75, 3.05) is 48.3 Å². The van der Waals surface area contributed by atoms with Crippen molar-refractivity contribution >= 4 is 88.5 Å². The highest BCUT2D eigenvalue weighted by molar-refractivity contribution is 7.90. The molecule has 0 spiro atoms. The number of fused-ring (bicyclic) bond motifs is 2. The largest absolute Gasteiger partial charge is 0.399 e. The van der Waals surface area contributed by atoms with Crippen molar-refractivity contribution in [2.45, 2.75) is 47.6 Å². The SMILES string of the molecule is N#Cc1cnc(NC2CCN(C(=O)c3ccc(N)cc3)CC2)nc1-c1cn(S(=O)(=O)c2ccccc2)c2ccccc12.Nc1ccc(C(=O)N2CCC(Nc3ncc(Cl)c(-c4cn(S(=O)(=O)c5ccccc5)c5ccccc45)n3)CC2)cc1. The zero-order valence-corrected chi connectivity index (χ0v) is 46.8. The predicted molar refractivity (Wildman–Crippen MR) is 321 cm³/mol. The molecule has 2 saturated heterocycles. The maximum absolute atomic E-state index is 13.6. The second kappa shape index (κ2) is 23.5. The van der Waals surface area contributed by atoms with E-state index in [1.165, 1.54) is 26.5 Å². The Labute approximate surface area is 483 Å². The van der Waals surface area contributed by atoms with E-state index in [-0.39, 0.29) is 39.3 Å². The van der Waals surface area contributed by atoms with Gasteiger partial charge in [0.15, 0.2) is 0 Å². The van der Waals surface area contributed by atoms with Gasteiger partial charge in [-0.25, -0.2) is 44.7 Å². The van der Waals surface area contributed by atoms with Crippen molar-refractivity contribution in [3.8, 4) is 28.6 Å². The number of nitriles is 1. The number of nitrogens with zero attached hydrogens (tertiary/aromatic N) is 9. The van der Waals surface area contributed by atoms with Crippen LogP contribution in [-0.2, 0) is 20.0 Å². The molecular formula is C61H54ClN13O6S2. The van der Waals surface area contributed by atoms with Crippen LogP contribution in [0.2, 0.25) is 5.02 Å². The zero-order chi connectivity index (χ0) is 57.8. The number of anilines is 4. The summed E-state index contributed by atoms with van der Waals surface area (Å²) in [6.07, 6.45) is 8.86. The average Bonchev–Trinajstić information content (AvgIpc) is 3.06. The quantitative estimate of drug-likeness (QED) is 0.0829. The molecule has 83 heavy (non-hydrogen) atoms. The average molecular weight is 1160 g/mol. The fourth-order valence-corrected chi connectivity index (χ4v) is 13.3. The molecule has 6 N–H and O–H groups in total. The first-order valence-corrected chi connectivity index (χ1v) is 29.9. The zero-order valence-electron chi connectivity index (χ0n) is 44.5. The lowest BCUT2D eigenvalue weighted by Crippen LogP contribution is -2.42. The normalized spacial score (nSPS) is 14.2. The Hall–Kier alpha value is -9.62. The van der Waals surface area contributed by atoms with Gasteiger partial charge in [0.2, 0.25) is 11.9 Å². The minimum absolute atomic E-state index is 0.0149. The standard InChI is InChI=1S/C31H27N7O3S.C30H27ClN6O3S/c32-18-22-19-34-31(35-24-14-16-37(17-15-24)30(39)21-10-12-23(33)13-11-21)36-29(22)27-20-38(28-9-5-4-8-26(27)28)42(40,41)25-6-2-1-3-7-25;31-26-18-33-30(34-22-14-16-36(17-15-22)29(38)20-10-12-21(32)13-11-20)35-28(26)25-19-37(27-9-5-4-8-24(25)27)41(39,40)23-6-2-1-3-7-23/h1-13,19-20,24H,14-17,33H2,(H,34,35,36);1-13,18-19,22H,14-17,32H2,(H,33,34,35). The van der Waals surface area contributed by atoms with Crippen molar-refractivity contribution in [3.05, 3.63) is 204 Å². The molecule has 2 aliphatic rings. The molecule has 2 fully saturated rings. The molecule has 2 aliphatic heterocycles. The molecule has 0 aliphatic carbocycles. The molecule has 19 nitrogen and oxygen atoms in total. The van der Waals surface area contributed by atoms with Gasteiger partial charge in [0.05, 0.1) is 55.2 Å². The van der Waals surface area contributed by atoms with Gasteiger partial charge in [0.25, 0.3) is 31.9 Å². The number of hydrogen-bond donors (Lipinski definition) is 4. The number of carbonyl (C=O) groups excluding carboxylic acids is 2. The first kappa shape index (κ1) is 55.3. The lowest BCUT2D eigenvalue weighted by atomic mass is 10.0. The van der Waals surface area contributed by atoms with Crippen LogP contribution in [0.1, 0.15) is 52.0 Å². The van der Waals surface area contributed by atoms with Gasteiger partial charge in [-0.1, -0.05) is 84.4 Å². The Bertz CT molecular complexity index is 4320. The van der Waals surface area contributed by atoms with Gasteiger partial charge >= 0.3 is 0 Å². The van der Waals surface area contributed by atoms with Crippen molar-refractivity contribution in [1.82, 2.24) is 37.7 Å². The number of para-hydroxylation sites is 2. The number of halogens is 1. The van der Waals surface area contributed by atoms with Gasteiger partial charge in [-0.05, 0) is 111 Å². The number of nitrogens with two attached hydrogens (primary N) is 2. The number of nitrogens with one attached hydrogen (secondary N) is 2. The number of likely N-dealkylation sites (tertiary alicyclic amines) is 2. The topological polar surface area (TPSA) is 270 Å². The van der Waals surface area contributed by atoms with Crippen LogP contribution >= 0.6 is 11.6 Å². The molecule has 10 aromatic rings. The van der Waals surface area contributed by atoms with Gasteiger partial charge < -0.3 is 31.9 Å². The summed E-state index contributed by atoms with van der Waals surface area (Å²) in [6, 6.07) is 46.9. The van der Waals surface area contributed by atoms with Gasteiger partial charge in [0.1, 0.15) is 6.07 Å². The second-order valence-corrected chi connectivity index (χ2v) is 24.0. The summed E-state index contributed by atoms with van der Waals surface area (Å²) in [7, 11) is -7.76. The van der Waals surface area contributed by atoms with Crippen LogP contribution in [-0.4, -0.2) is 105 Å². The highest BCUT2D eigenvalue weighted by Gasteiger charge is 2.29. The highest BCUT2D eigenvalue weighted by Crippen LogP contribution is 2.37. The Morgan fingerprint density at radius 3 is 1.35 bits per heavy atom. The monoisotopic (exact) mass is 1160 g/mol. The maximum Gasteiger partial charge on any atom is 0.268 e. The molecule has 4 aromatic heterocycles. The van der Waals surface area contributed by atoms with E-state index in [0.29, 0.717) is 123 Å². The Morgan fingerprint density at radius 1 is 0.530 bits per heavy atom. The van der Waals surface area contributed by atoms with Gasteiger partial charge in [-0.15, -0.1) is 0 Å². The van der Waals surface area contributed by atoms with Gasteiger partial charge in [0, 0.05) is 95.1 Å². The molecule has 0 saturated carbocycles. The van der Waals surface area contributed by atoms with Crippen molar-refractivity contribution in [2.24, 2.45) is 0 Å². The van der Waals surface area contributed by atoms with Crippen LogP contribution in [0.25, 0.3) is 44.3 Å². The summed E-state index contributed by atoms with van der Waals surface area (Å²) in [5.41, 5.74) is 17.0. The summed E-state index contributed by atoms with van der Waals surface area (Å²) < 4.78 is 56.7. The lowest BCUT2D eigenvalue weighted by Gasteiger charge is -2.32. The van der Waals surface area contributed by atoms with E-state index in [0.717, 1.165) is 12.8 Å². The number of aromatic nitrogens is 6. The molecule has 6 heterocycles. The van der Waals surface area contributed by atoms with Crippen LogP contribution in [0.15, 0.2) is 192 Å². The fourth-order valence-electron chi connectivity index (χ4n) is 10.3.